The quantitative estimate of drug-likeness (QED) is 0.336. The van der Waals surface area contributed by atoms with Crippen molar-refractivity contribution in [2.24, 2.45) is 12.2 Å². The van der Waals surface area contributed by atoms with Gasteiger partial charge in [-0.15, -0.1) is 0 Å². The molecule has 0 aliphatic heterocycles. The van der Waals surface area contributed by atoms with Crippen LogP contribution < -0.4 is 4.57 Å². The lowest BCUT2D eigenvalue weighted by Crippen LogP contribution is -2.36. The van der Waals surface area contributed by atoms with Gasteiger partial charge in [-0.05, 0) is 18.6 Å². The molecule has 130 valence electrons. The molecule has 8 heteroatoms. The predicted octanol–water partition coefficient (Wildman–Crippen LogP) is 1.22. The zero-order chi connectivity index (χ0) is 17.6. The smallest absolute Gasteiger partial charge is 0.303 e. The molecule has 0 aliphatic carbocycles. The van der Waals surface area contributed by atoms with Crippen LogP contribution in [0.25, 0.3) is 0 Å². The first-order valence-corrected chi connectivity index (χ1v) is 9.22. The van der Waals surface area contributed by atoms with Crippen molar-refractivity contribution >= 4 is 16.2 Å². The van der Waals surface area contributed by atoms with Gasteiger partial charge in [-0.1, -0.05) is 30.3 Å². The molecule has 7 nitrogen and oxygen atoms in total. The molecular weight excluding hydrogens is 328 g/mol. The molecule has 1 N–H and O–H groups in total. The Labute approximate surface area is 142 Å². The largest absolute Gasteiger partial charge is 0.411 e. The van der Waals surface area contributed by atoms with Crippen molar-refractivity contribution in [1.29, 1.82) is 0 Å². The topological polar surface area (TPSA) is 78.8 Å². The molecule has 0 amide bonds. The Bertz CT molecular complexity index is 785. The lowest BCUT2D eigenvalue weighted by atomic mass is 10.4. The van der Waals surface area contributed by atoms with Crippen molar-refractivity contribution in [1.82, 2.24) is 8.87 Å². The van der Waals surface area contributed by atoms with E-state index in [-0.39, 0.29) is 0 Å². The van der Waals surface area contributed by atoms with Crippen LogP contribution in [0.3, 0.4) is 0 Å². The normalized spacial score (nSPS) is 12.3. The van der Waals surface area contributed by atoms with E-state index in [1.165, 1.54) is 10.5 Å². The molecule has 1 aromatic heterocycles. The van der Waals surface area contributed by atoms with Gasteiger partial charge in [0.05, 0.1) is 18.5 Å². The summed E-state index contributed by atoms with van der Waals surface area (Å²) in [6.45, 7) is 3.21. The van der Waals surface area contributed by atoms with Gasteiger partial charge in [0.25, 0.3) is 0 Å². The maximum Gasteiger partial charge on any atom is 0.303 e. The van der Waals surface area contributed by atoms with Crippen molar-refractivity contribution in [2.75, 3.05) is 13.1 Å². The molecule has 24 heavy (non-hydrogen) atoms. The van der Waals surface area contributed by atoms with Gasteiger partial charge in [0.1, 0.15) is 18.9 Å². The average Bonchev–Trinajstić information content (AvgIpc) is 2.93. The number of aromatic nitrogens is 2. The van der Waals surface area contributed by atoms with Gasteiger partial charge in [0, 0.05) is 6.54 Å². The van der Waals surface area contributed by atoms with E-state index in [0.29, 0.717) is 30.4 Å². The number of benzene rings is 1. The number of nitrogens with zero attached hydrogens (tertiary/aromatic N) is 4. The Balaban J connectivity index is 2.21. The molecule has 0 radical (unpaired) electrons. The van der Waals surface area contributed by atoms with Gasteiger partial charge in [-0.2, -0.15) is 4.31 Å². The van der Waals surface area contributed by atoms with E-state index in [4.69, 9.17) is 5.21 Å². The number of aryl methyl sites for hydroxylation is 1. The first kappa shape index (κ1) is 18.2. The minimum Gasteiger partial charge on any atom is -0.411 e. The van der Waals surface area contributed by atoms with E-state index in [1.54, 1.807) is 34.9 Å². The van der Waals surface area contributed by atoms with Gasteiger partial charge < -0.3 is 5.21 Å². The standard InChI is InChI=1S/C16H22N4O3S/c1-3-9-20(24(22,23)15-7-5-4-6-8-15)13-12-19-11-10-18(2)16(19)14-17-21/h4-8,10-11,14H,3,9,12-13H2,1-2H3/p+1. The Morgan fingerprint density at radius 3 is 2.62 bits per heavy atom. The number of hydrogen-bond donors (Lipinski definition) is 1. The molecular formula is C16H23N4O3S+. The molecule has 0 aliphatic rings. The fourth-order valence-corrected chi connectivity index (χ4v) is 4.05. The summed E-state index contributed by atoms with van der Waals surface area (Å²) in [6.07, 6.45) is 5.72. The van der Waals surface area contributed by atoms with Crippen LogP contribution in [0.15, 0.2) is 52.8 Å². The monoisotopic (exact) mass is 351 g/mol. The lowest BCUT2D eigenvalue weighted by Gasteiger charge is -2.21. The average molecular weight is 351 g/mol. The molecule has 0 bridgehead atoms. The van der Waals surface area contributed by atoms with E-state index in [1.807, 2.05) is 30.9 Å². The fourth-order valence-electron chi connectivity index (χ4n) is 2.50. The minimum atomic E-state index is -3.52. The van der Waals surface area contributed by atoms with Crippen LogP contribution in [0.2, 0.25) is 0 Å². The number of imidazole rings is 1. The molecule has 0 saturated carbocycles. The highest BCUT2D eigenvalue weighted by Crippen LogP contribution is 2.15. The van der Waals surface area contributed by atoms with Crippen LogP contribution >= 0.6 is 0 Å². The van der Waals surface area contributed by atoms with Gasteiger partial charge in [0.15, 0.2) is 6.21 Å². The Morgan fingerprint density at radius 2 is 2.00 bits per heavy atom. The van der Waals surface area contributed by atoms with Gasteiger partial charge in [0.2, 0.25) is 10.0 Å². The Kier molecular flexibility index (Phi) is 6.10. The number of sulfonamides is 1. The molecule has 0 fully saturated rings. The van der Waals surface area contributed by atoms with Crippen LogP contribution in [-0.4, -0.2) is 41.8 Å². The SMILES string of the molecule is CCCN(CCn1cc[n+](C)c1/C=N/O)S(=O)(=O)c1ccccc1. The highest BCUT2D eigenvalue weighted by molar-refractivity contribution is 7.89. The molecule has 0 saturated heterocycles. The third-order valence-electron chi connectivity index (χ3n) is 3.74. The zero-order valence-electron chi connectivity index (χ0n) is 13.9. The Morgan fingerprint density at radius 1 is 1.29 bits per heavy atom. The van der Waals surface area contributed by atoms with E-state index < -0.39 is 10.0 Å². The minimum absolute atomic E-state index is 0.300. The molecule has 0 atom stereocenters. The molecule has 0 unspecified atom stereocenters. The first-order chi connectivity index (χ1) is 11.5. The summed E-state index contributed by atoms with van der Waals surface area (Å²) in [4.78, 5) is 0.300. The summed E-state index contributed by atoms with van der Waals surface area (Å²) in [7, 11) is -1.69. The van der Waals surface area contributed by atoms with Crippen LogP contribution in [-0.2, 0) is 23.6 Å². The van der Waals surface area contributed by atoms with E-state index >= 15 is 0 Å². The second kappa shape index (κ2) is 8.07. The van der Waals surface area contributed by atoms with Crippen LogP contribution in [0.4, 0.5) is 0 Å². The van der Waals surface area contributed by atoms with Gasteiger partial charge >= 0.3 is 5.82 Å². The van der Waals surface area contributed by atoms with Crippen LogP contribution in [0.5, 0.6) is 0 Å². The van der Waals surface area contributed by atoms with Crippen LogP contribution in [0, 0.1) is 0 Å². The van der Waals surface area contributed by atoms with E-state index in [2.05, 4.69) is 5.16 Å². The predicted molar refractivity (Wildman–Crippen MR) is 90.5 cm³/mol. The third-order valence-corrected chi connectivity index (χ3v) is 5.66. The molecule has 2 aromatic rings. The highest BCUT2D eigenvalue weighted by atomic mass is 32.2. The summed E-state index contributed by atoms with van der Waals surface area (Å²) in [5, 5.41) is 11.8. The molecule has 2 rings (SSSR count). The molecule has 0 spiro atoms. The summed E-state index contributed by atoms with van der Waals surface area (Å²) < 4.78 is 30.7. The van der Waals surface area contributed by atoms with Gasteiger partial charge in [-0.3, -0.25) is 0 Å². The second-order valence-corrected chi connectivity index (χ2v) is 7.36. The van der Waals surface area contributed by atoms with Crippen molar-refractivity contribution in [3.8, 4) is 0 Å². The lowest BCUT2D eigenvalue weighted by molar-refractivity contribution is -0.671. The molecule has 1 heterocycles. The molecule has 1 aromatic carbocycles. The van der Waals surface area contributed by atoms with E-state index in [9.17, 15) is 8.42 Å². The van der Waals surface area contributed by atoms with Crippen molar-refractivity contribution < 1.29 is 18.2 Å². The Hall–Kier alpha value is -2.19. The summed E-state index contributed by atoms with van der Waals surface area (Å²) >= 11 is 0. The summed E-state index contributed by atoms with van der Waals surface area (Å²) in [6, 6.07) is 8.45. The maximum absolute atomic E-state index is 12.8. The van der Waals surface area contributed by atoms with Crippen LogP contribution in [0.1, 0.15) is 19.2 Å². The maximum atomic E-state index is 12.8. The van der Waals surface area contributed by atoms with Gasteiger partial charge in [-0.25, -0.2) is 17.6 Å². The third kappa shape index (κ3) is 4.01. The second-order valence-electron chi connectivity index (χ2n) is 5.42. The number of hydrogen-bond acceptors (Lipinski definition) is 4. The summed E-state index contributed by atoms with van der Waals surface area (Å²) in [5.74, 6) is 0.686. The summed E-state index contributed by atoms with van der Waals surface area (Å²) in [5.41, 5.74) is 0. The fraction of sp³-hybridized carbons (Fsp3) is 0.375. The van der Waals surface area contributed by atoms with Crippen molar-refractivity contribution in [2.45, 2.75) is 24.8 Å². The van der Waals surface area contributed by atoms with Crippen molar-refractivity contribution in [3.63, 3.8) is 0 Å². The number of oxime groups is 1. The van der Waals surface area contributed by atoms with Crippen molar-refractivity contribution in [3.05, 3.63) is 48.5 Å². The zero-order valence-corrected chi connectivity index (χ0v) is 14.7. The highest BCUT2D eigenvalue weighted by Gasteiger charge is 2.24. The van der Waals surface area contributed by atoms with E-state index in [0.717, 1.165) is 6.42 Å². The first-order valence-electron chi connectivity index (χ1n) is 7.78. The number of rotatable bonds is 8.